The van der Waals surface area contributed by atoms with Crippen molar-refractivity contribution in [2.24, 2.45) is 0 Å². The second-order valence-corrected chi connectivity index (χ2v) is 9.59. The Balaban J connectivity index is 1.46. The van der Waals surface area contributed by atoms with Crippen molar-refractivity contribution in [3.8, 4) is 11.5 Å². The fraction of sp³-hybridized carbons (Fsp3) is 0.208. The van der Waals surface area contributed by atoms with Crippen molar-refractivity contribution in [3.05, 3.63) is 83.4 Å². The second kappa shape index (κ2) is 8.43. The average molecular weight is 437 g/mol. The van der Waals surface area contributed by atoms with Crippen LogP contribution in [0.3, 0.4) is 0 Å². The molecule has 6 nitrogen and oxygen atoms in total. The molecule has 4 rings (SSSR count). The molecule has 3 aromatic carbocycles. The molecule has 0 unspecified atom stereocenters. The maximum atomic E-state index is 12.7. The van der Waals surface area contributed by atoms with E-state index in [0.29, 0.717) is 29.2 Å². The van der Waals surface area contributed by atoms with Crippen LogP contribution in [0.4, 0.5) is 11.4 Å². The molecule has 1 heterocycles. The van der Waals surface area contributed by atoms with Gasteiger partial charge in [0, 0.05) is 17.8 Å². The highest BCUT2D eigenvalue weighted by Gasteiger charge is 2.24. The fourth-order valence-electron chi connectivity index (χ4n) is 3.67. The fourth-order valence-corrected chi connectivity index (χ4v) is 4.67. The molecule has 0 spiro atoms. The normalized spacial score (nSPS) is 13.4. The summed E-state index contributed by atoms with van der Waals surface area (Å²) in [6.45, 7) is 2.47. The quantitative estimate of drug-likeness (QED) is 0.626. The zero-order valence-electron chi connectivity index (χ0n) is 17.5. The van der Waals surface area contributed by atoms with Gasteiger partial charge in [0.15, 0.2) is 0 Å². The van der Waals surface area contributed by atoms with Crippen LogP contribution in [0.2, 0.25) is 0 Å². The molecule has 0 aliphatic carbocycles. The number of aryl methyl sites for hydroxylation is 2. The number of amides is 1. The van der Waals surface area contributed by atoms with Gasteiger partial charge in [-0.25, -0.2) is 8.42 Å². The number of sulfonamides is 1. The van der Waals surface area contributed by atoms with Crippen molar-refractivity contribution in [2.45, 2.75) is 19.8 Å². The van der Waals surface area contributed by atoms with E-state index in [2.05, 4.69) is 5.32 Å². The van der Waals surface area contributed by atoms with E-state index in [9.17, 15) is 13.2 Å². The largest absolute Gasteiger partial charge is 0.457 e. The molecule has 0 atom stereocenters. The number of rotatable bonds is 5. The minimum Gasteiger partial charge on any atom is -0.457 e. The van der Waals surface area contributed by atoms with Gasteiger partial charge in [0.05, 0.1) is 11.9 Å². The Morgan fingerprint density at radius 3 is 2.48 bits per heavy atom. The molecule has 31 heavy (non-hydrogen) atoms. The third-order valence-corrected chi connectivity index (χ3v) is 6.34. The van der Waals surface area contributed by atoms with Crippen LogP contribution >= 0.6 is 0 Å². The molecule has 0 bridgehead atoms. The molecular formula is C24H24N2O4S. The maximum absolute atomic E-state index is 12.7. The number of fused-ring (bicyclic) bond motifs is 1. The topological polar surface area (TPSA) is 75.7 Å². The maximum Gasteiger partial charge on any atom is 0.255 e. The lowest BCUT2D eigenvalue weighted by Gasteiger charge is -2.29. The smallest absolute Gasteiger partial charge is 0.255 e. The molecule has 1 aliphatic rings. The van der Waals surface area contributed by atoms with Gasteiger partial charge in [0.2, 0.25) is 10.0 Å². The highest BCUT2D eigenvalue weighted by molar-refractivity contribution is 7.92. The summed E-state index contributed by atoms with van der Waals surface area (Å²) in [6, 6.07) is 20.1. The van der Waals surface area contributed by atoms with Gasteiger partial charge in [-0.15, -0.1) is 0 Å². The lowest BCUT2D eigenvalue weighted by atomic mass is 10.0. The SMILES string of the molecule is Cc1cccc(Oc2ccc(NC(=O)c3ccc4c(c3)CCCN4S(C)(=O)=O)cc2)c1. The zero-order valence-corrected chi connectivity index (χ0v) is 18.3. The van der Waals surface area contributed by atoms with Crippen LogP contribution < -0.4 is 14.4 Å². The number of ether oxygens (including phenoxy) is 1. The molecule has 1 N–H and O–H groups in total. The van der Waals surface area contributed by atoms with Crippen molar-refractivity contribution < 1.29 is 17.9 Å². The molecular weight excluding hydrogens is 412 g/mol. The molecule has 7 heteroatoms. The molecule has 0 fully saturated rings. The minimum atomic E-state index is -3.33. The molecule has 0 saturated carbocycles. The Morgan fingerprint density at radius 2 is 1.77 bits per heavy atom. The number of carbonyl (C=O) groups is 1. The molecule has 1 aliphatic heterocycles. The summed E-state index contributed by atoms with van der Waals surface area (Å²) in [5, 5.41) is 2.88. The van der Waals surface area contributed by atoms with Crippen molar-refractivity contribution in [1.82, 2.24) is 0 Å². The van der Waals surface area contributed by atoms with Crippen LogP contribution in [0.1, 0.15) is 27.9 Å². The van der Waals surface area contributed by atoms with Gasteiger partial charge < -0.3 is 10.1 Å². The first-order valence-corrected chi connectivity index (χ1v) is 11.9. The van der Waals surface area contributed by atoms with Gasteiger partial charge in [-0.3, -0.25) is 9.10 Å². The molecule has 0 saturated heterocycles. The van der Waals surface area contributed by atoms with Gasteiger partial charge in [-0.2, -0.15) is 0 Å². The van der Waals surface area contributed by atoms with Crippen molar-refractivity contribution in [3.63, 3.8) is 0 Å². The Labute approximate surface area is 182 Å². The van der Waals surface area contributed by atoms with E-state index in [1.807, 2.05) is 31.2 Å². The van der Waals surface area contributed by atoms with Crippen LogP contribution in [0.25, 0.3) is 0 Å². The summed E-state index contributed by atoms with van der Waals surface area (Å²) in [7, 11) is -3.33. The number of carbonyl (C=O) groups excluding carboxylic acids is 1. The van der Waals surface area contributed by atoms with Crippen molar-refractivity contribution >= 4 is 27.3 Å². The van der Waals surface area contributed by atoms with Gasteiger partial charge in [0.25, 0.3) is 5.91 Å². The Kier molecular flexibility index (Phi) is 5.69. The Hall–Kier alpha value is -3.32. The molecule has 160 valence electrons. The lowest BCUT2D eigenvalue weighted by molar-refractivity contribution is 0.102. The number of benzene rings is 3. The first-order valence-electron chi connectivity index (χ1n) is 10.1. The highest BCUT2D eigenvalue weighted by Crippen LogP contribution is 2.30. The van der Waals surface area contributed by atoms with E-state index < -0.39 is 10.0 Å². The summed E-state index contributed by atoms with van der Waals surface area (Å²) in [5.41, 5.74) is 3.78. The number of anilines is 2. The van der Waals surface area contributed by atoms with Gasteiger partial charge >= 0.3 is 0 Å². The van der Waals surface area contributed by atoms with E-state index in [4.69, 9.17) is 4.74 Å². The monoisotopic (exact) mass is 436 g/mol. The van der Waals surface area contributed by atoms with Crippen molar-refractivity contribution in [2.75, 3.05) is 22.4 Å². The van der Waals surface area contributed by atoms with E-state index in [1.165, 1.54) is 10.6 Å². The first-order chi connectivity index (χ1) is 14.8. The Bertz CT molecular complexity index is 1220. The van der Waals surface area contributed by atoms with Gasteiger partial charge in [0.1, 0.15) is 11.5 Å². The van der Waals surface area contributed by atoms with Crippen molar-refractivity contribution in [1.29, 1.82) is 0 Å². The summed E-state index contributed by atoms with van der Waals surface area (Å²) in [6.07, 6.45) is 2.68. The van der Waals surface area contributed by atoms with Crippen LogP contribution in [0, 0.1) is 6.92 Å². The minimum absolute atomic E-state index is 0.244. The molecule has 1 amide bonds. The second-order valence-electron chi connectivity index (χ2n) is 7.68. The van der Waals surface area contributed by atoms with E-state index in [0.717, 1.165) is 29.7 Å². The summed E-state index contributed by atoms with van der Waals surface area (Å²) >= 11 is 0. The number of hydrogen-bond donors (Lipinski definition) is 1. The van der Waals surface area contributed by atoms with E-state index in [1.54, 1.807) is 42.5 Å². The summed E-state index contributed by atoms with van der Waals surface area (Å²) in [5.74, 6) is 1.19. The third kappa shape index (κ3) is 4.88. The number of hydrogen-bond acceptors (Lipinski definition) is 4. The van der Waals surface area contributed by atoms with Gasteiger partial charge in [-0.05, 0) is 85.5 Å². The standard InChI is InChI=1S/C24H24N2O4S/c1-17-5-3-7-22(15-17)30-21-11-9-20(10-12-21)25-24(27)19-8-13-23-18(16-19)6-4-14-26(23)31(2,28)29/h3,5,7-13,15-16H,4,6,14H2,1-2H3,(H,25,27). The number of nitrogens with zero attached hydrogens (tertiary/aromatic N) is 1. The van der Waals surface area contributed by atoms with E-state index >= 15 is 0 Å². The van der Waals surface area contributed by atoms with Crippen LogP contribution in [0.5, 0.6) is 11.5 Å². The van der Waals surface area contributed by atoms with Crippen LogP contribution in [0.15, 0.2) is 66.7 Å². The summed E-state index contributed by atoms with van der Waals surface area (Å²) in [4.78, 5) is 12.7. The van der Waals surface area contributed by atoms with Crippen LogP contribution in [-0.4, -0.2) is 27.1 Å². The van der Waals surface area contributed by atoms with Gasteiger partial charge in [-0.1, -0.05) is 12.1 Å². The molecule has 0 aromatic heterocycles. The number of nitrogens with one attached hydrogen (secondary N) is 1. The van der Waals surface area contributed by atoms with Crippen LogP contribution in [-0.2, 0) is 16.4 Å². The lowest BCUT2D eigenvalue weighted by Crippen LogP contribution is -2.34. The highest BCUT2D eigenvalue weighted by atomic mass is 32.2. The predicted molar refractivity (Wildman–Crippen MR) is 123 cm³/mol. The zero-order chi connectivity index (χ0) is 22.0. The average Bonchev–Trinajstić information content (AvgIpc) is 2.73. The molecule has 3 aromatic rings. The Morgan fingerprint density at radius 1 is 1.00 bits per heavy atom. The first kappa shape index (κ1) is 20.9. The third-order valence-electron chi connectivity index (χ3n) is 5.16. The predicted octanol–water partition coefficient (Wildman–Crippen LogP) is 4.75. The van der Waals surface area contributed by atoms with E-state index in [-0.39, 0.29) is 5.91 Å². The molecule has 0 radical (unpaired) electrons. The summed E-state index contributed by atoms with van der Waals surface area (Å²) < 4.78 is 31.3.